The molecule has 1 aromatic carbocycles. The van der Waals surface area contributed by atoms with E-state index in [1.165, 1.54) is 0 Å². The molecule has 1 saturated heterocycles. The Morgan fingerprint density at radius 3 is 2.52 bits per heavy atom. The number of benzene rings is 1. The van der Waals surface area contributed by atoms with Gasteiger partial charge in [0.25, 0.3) is 11.5 Å². The lowest BCUT2D eigenvalue weighted by atomic mass is 10.00. The number of amides is 1. The van der Waals surface area contributed by atoms with E-state index in [4.69, 9.17) is 4.98 Å². The molecule has 210 valence electrons. The first kappa shape index (κ1) is 27.6. The van der Waals surface area contributed by atoms with Gasteiger partial charge in [-0.25, -0.2) is 4.98 Å². The Morgan fingerprint density at radius 1 is 1.07 bits per heavy atom. The lowest BCUT2D eigenvalue weighted by Crippen LogP contribution is -2.44. The van der Waals surface area contributed by atoms with Crippen molar-refractivity contribution in [1.82, 2.24) is 24.8 Å². The number of aryl methyl sites for hydroxylation is 2. The molecule has 0 unspecified atom stereocenters. The van der Waals surface area contributed by atoms with Gasteiger partial charge in [-0.3, -0.25) is 9.59 Å². The highest BCUT2D eigenvalue weighted by atomic mass is 16.1. The van der Waals surface area contributed by atoms with Crippen LogP contribution in [0, 0.1) is 6.92 Å². The highest BCUT2D eigenvalue weighted by Crippen LogP contribution is 2.31. The number of nitrogens with zero attached hydrogens (tertiary/aromatic N) is 4. The Morgan fingerprint density at radius 2 is 1.85 bits per heavy atom. The highest BCUT2D eigenvalue weighted by Gasteiger charge is 2.19. The van der Waals surface area contributed by atoms with E-state index in [2.05, 4.69) is 70.7 Å². The summed E-state index contributed by atoms with van der Waals surface area (Å²) in [4.78, 5) is 38.7. The largest absolute Gasteiger partial charge is 0.354 e. The number of fused-ring (bicyclic) bond motifs is 1. The minimum Gasteiger partial charge on any atom is -0.354 e. The predicted octanol–water partition coefficient (Wildman–Crippen LogP) is 4.92. The average molecular weight is 541 g/mol. The molecule has 0 atom stereocenters. The van der Waals surface area contributed by atoms with Crippen molar-refractivity contribution in [2.24, 2.45) is 0 Å². The van der Waals surface area contributed by atoms with Gasteiger partial charge in [-0.15, -0.1) is 0 Å². The van der Waals surface area contributed by atoms with Crippen LogP contribution in [0.4, 0.5) is 5.82 Å². The van der Waals surface area contributed by atoms with Gasteiger partial charge in [0.05, 0.1) is 0 Å². The van der Waals surface area contributed by atoms with Crippen molar-refractivity contribution >= 4 is 22.6 Å². The Bertz CT molecular complexity index is 1560. The first-order valence-corrected chi connectivity index (χ1v) is 14.3. The molecule has 4 aromatic rings. The lowest BCUT2D eigenvalue weighted by Gasteiger charge is -2.33. The number of aromatic amines is 1. The summed E-state index contributed by atoms with van der Waals surface area (Å²) in [5.41, 5.74) is 5.80. The topological polar surface area (TPSA) is 86.3 Å². The van der Waals surface area contributed by atoms with Crippen LogP contribution in [0.5, 0.6) is 0 Å². The minimum absolute atomic E-state index is 0.139. The van der Waals surface area contributed by atoms with E-state index in [1.807, 2.05) is 37.5 Å². The molecule has 40 heavy (non-hydrogen) atoms. The summed E-state index contributed by atoms with van der Waals surface area (Å²) in [5.74, 6) is 0.783. The fourth-order valence-corrected chi connectivity index (χ4v) is 5.58. The van der Waals surface area contributed by atoms with Crippen LogP contribution in [-0.2, 0) is 13.0 Å². The molecule has 0 bridgehead atoms. The molecule has 0 radical (unpaired) electrons. The Balaban J connectivity index is 1.47. The maximum atomic E-state index is 13.7. The van der Waals surface area contributed by atoms with Crippen molar-refractivity contribution in [3.63, 3.8) is 0 Å². The molecule has 1 amide bonds. The zero-order valence-corrected chi connectivity index (χ0v) is 24.3. The predicted molar refractivity (Wildman–Crippen MR) is 162 cm³/mol. The molecule has 2 N–H and O–H groups in total. The number of H-pyrrole nitrogens is 1. The molecule has 0 aliphatic carbocycles. The molecule has 1 aliphatic rings. The third-order valence-corrected chi connectivity index (χ3v) is 7.86. The van der Waals surface area contributed by atoms with Gasteiger partial charge in [-0.1, -0.05) is 13.3 Å². The number of hydrogen-bond acceptors (Lipinski definition) is 5. The van der Waals surface area contributed by atoms with Gasteiger partial charge in [0.15, 0.2) is 0 Å². The van der Waals surface area contributed by atoms with Crippen molar-refractivity contribution in [2.45, 2.75) is 53.1 Å². The molecular weight excluding hydrogens is 500 g/mol. The second kappa shape index (κ2) is 11.7. The maximum Gasteiger partial charge on any atom is 0.253 e. The van der Waals surface area contributed by atoms with Gasteiger partial charge in [0, 0.05) is 84.4 Å². The van der Waals surface area contributed by atoms with Gasteiger partial charge < -0.3 is 24.7 Å². The summed E-state index contributed by atoms with van der Waals surface area (Å²) < 4.78 is 2.19. The van der Waals surface area contributed by atoms with Gasteiger partial charge in [0.1, 0.15) is 5.82 Å². The Hall–Kier alpha value is -3.91. The molecule has 8 nitrogen and oxygen atoms in total. The van der Waals surface area contributed by atoms with Crippen LogP contribution in [-0.4, -0.2) is 58.6 Å². The standard InChI is InChI=1S/C32H40N6O2/c1-6-7-23-16-22(4)35-32(40)28(23)20-34-31(39)27-17-25(18-29-26(27)10-11-38(29)21(2)3)24-8-9-30(33-19-24)37-14-12-36(5)13-15-37/h8-11,16-19,21H,6-7,12-15,20H2,1-5H3,(H,34,39)(H,35,40). The molecule has 3 aromatic heterocycles. The Labute approximate surface area is 236 Å². The van der Waals surface area contributed by atoms with E-state index in [0.29, 0.717) is 11.1 Å². The van der Waals surface area contributed by atoms with Crippen molar-refractivity contribution < 1.29 is 4.79 Å². The summed E-state index contributed by atoms with van der Waals surface area (Å²) in [6, 6.07) is 12.5. The van der Waals surface area contributed by atoms with E-state index in [9.17, 15) is 9.59 Å². The second-order valence-electron chi connectivity index (χ2n) is 11.2. The van der Waals surface area contributed by atoms with E-state index in [0.717, 1.165) is 78.1 Å². The third-order valence-electron chi connectivity index (χ3n) is 7.86. The Kier molecular flexibility index (Phi) is 8.07. The summed E-state index contributed by atoms with van der Waals surface area (Å²) in [6.07, 6.45) is 5.66. The zero-order chi connectivity index (χ0) is 28.4. The van der Waals surface area contributed by atoms with Gasteiger partial charge in [-0.05, 0) is 81.8 Å². The quantitative estimate of drug-likeness (QED) is 0.332. The smallest absolute Gasteiger partial charge is 0.253 e. The van der Waals surface area contributed by atoms with Gasteiger partial charge in [0.2, 0.25) is 0 Å². The number of piperazine rings is 1. The molecule has 1 fully saturated rings. The van der Waals surface area contributed by atoms with Crippen LogP contribution in [0.15, 0.2) is 53.6 Å². The number of carbonyl (C=O) groups is 1. The molecule has 4 heterocycles. The molecule has 0 spiro atoms. The van der Waals surface area contributed by atoms with Crippen LogP contribution in [0.3, 0.4) is 0 Å². The van der Waals surface area contributed by atoms with Crippen molar-refractivity contribution in [1.29, 1.82) is 0 Å². The monoisotopic (exact) mass is 540 g/mol. The highest BCUT2D eigenvalue weighted by molar-refractivity contribution is 6.08. The summed E-state index contributed by atoms with van der Waals surface area (Å²) >= 11 is 0. The molecule has 1 aliphatic heterocycles. The number of nitrogens with one attached hydrogen (secondary N) is 2. The fourth-order valence-electron chi connectivity index (χ4n) is 5.58. The average Bonchev–Trinajstić information content (AvgIpc) is 3.37. The van der Waals surface area contributed by atoms with E-state index < -0.39 is 0 Å². The minimum atomic E-state index is -0.196. The molecule has 0 saturated carbocycles. The van der Waals surface area contributed by atoms with E-state index >= 15 is 0 Å². The number of pyridine rings is 2. The van der Waals surface area contributed by atoms with Crippen LogP contribution < -0.4 is 15.8 Å². The summed E-state index contributed by atoms with van der Waals surface area (Å²) in [6.45, 7) is 12.4. The van der Waals surface area contributed by atoms with Crippen LogP contribution >= 0.6 is 0 Å². The van der Waals surface area contributed by atoms with E-state index in [1.54, 1.807) is 0 Å². The maximum absolute atomic E-state index is 13.7. The molecule has 5 rings (SSSR count). The molecular formula is C32H40N6O2. The lowest BCUT2D eigenvalue weighted by molar-refractivity contribution is 0.0952. The SMILES string of the molecule is CCCc1cc(C)[nH]c(=O)c1CNC(=O)c1cc(-c2ccc(N3CCN(C)CC3)nc2)cc2c1ccn2C(C)C. The third kappa shape index (κ3) is 5.68. The summed E-state index contributed by atoms with van der Waals surface area (Å²) in [7, 11) is 2.15. The number of anilines is 1. The van der Waals surface area contributed by atoms with Crippen LogP contribution in [0.1, 0.15) is 60.4 Å². The van der Waals surface area contributed by atoms with E-state index in [-0.39, 0.29) is 24.1 Å². The van der Waals surface area contributed by atoms with Gasteiger partial charge >= 0.3 is 0 Å². The van der Waals surface area contributed by atoms with Crippen molar-refractivity contribution in [3.8, 4) is 11.1 Å². The van der Waals surface area contributed by atoms with Crippen molar-refractivity contribution in [3.05, 3.63) is 81.5 Å². The summed E-state index contributed by atoms with van der Waals surface area (Å²) in [5, 5.41) is 3.94. The first-order chi connectivity index (χ1) is 19.2. The second-order valence-corrected chi connectivity index (χ2v) is 11.2. The zero-order valence-electron chi connectivity index (χ0n) is 24.3. The fraction of sp³-hybridized carbons (Fsp3) is 0.406. The normalized spacial score (nSPS) is 14.3. The van der Waals surface area contributed by atoms with Crippen molar-refractivity contribution in [2.75, 3.05) is 38.1 Å². The van der Waals surface area contributed by atoms with Gasteiger partial charge in [-0.2, -0.15) is 0 Å². The number of hydrogen-bond donors (Lipinski definition) is 2. The van der Waals surface area contributed by atoms with Crippen LogP contribution in [0.25, 0.3) is 22.0 Å². The molecule has 8 heteroatoms. The number of aromatic nitrogens is 3. The van der Waals surface area contributed by atoms with Crippen LogP contribution in [0.2, 0.25) is 0 Å². The number of likely N-dealkylation sites (N-methyl/N-ethyl adjacent to an activating group) is 1. The first-order valence-electron chi connectivity index (χ1n) is 14.3. The number of rotatable bonds is 8. The number of carbonyl (C=O) groups excluding carboxylic acids is 1.